The summed E-state index contributed by atoms with van der Waals surface area (Å²) in [5.41, 5.74) is 0.0487. The van der Waals surface area contributed by atoms with Crippen molar-refractivity contribution in [1.29, 1.82) is 0 Å². The lowest BCUT2D eigenvalue weighted by Crippen LogP contribution is -2.40. The molecule has 0 saturated heterocycles. The smallest absolute Gasteiger partial charge is 0.407 e. The van der Waals surface area contributed by atoms with Crippen molar-refractivity contribution in [2.24, 2.45) is 5.92 Å². The number of alkyl carbamates (subject to hydrolysis) is 1. The largest absolute Gasteiger partial charge is 0.453 e. The zero-order valence-electron chi connectivity index (χ0n) is 7.31. The minimum atomic E-state index is -0.309. The van der Waals surface area contributed by atoms with Crippen LogP contribution < -0.4 is 5.32 Å². The van der Waals surface area contributed by atoms with Gasteiger partial charge in [-0.15, -0.1) is 0 Å². The Kier molecular flexibility index (Phi) is 2.07. The molecule has 1 aliphatic rings. The molecule has 0 atom stereocenters. The van der Waals surface area contributed by atoms with E-state index in [1.54, 1.807) is 0 Å². The molecule has 1 saturated carbocycles. The fraction of sp³-hybridized carbons (Fsp3) is 0.875. The highest BCUT2D eigenvalue weighted by atomic mass is 16.5. The van der Waals surface area contributed by atoms with Crippen LogP contribution in [0.15, 0.2) is 0 Å². The number of nitrogens with one attached hydrogen (secondary N) is 1. The van der Waals surface area contributed by atoms with Crippen LogP contribution in [0.3, 0.4) is 0 Å². The Morgan fingerprint density at radius 1 is 1.55 bits per heavy atom. The van der Waals surface area contributed by atoms with Crippen LogP contribution in [0.1, 0.15) is 26.7 Å². The summed E-state index contributed by atoms with van der Waals surface area (Å²) < 4.78 is 4.53. The first-order chi connectivity index (χ1) is 5.10. The van der Waals surface area contributed by atoms with Gasteiger partial charge in [0.1, 0.15) is 0 Å². The SMILES string of the molecule is COC(=O)NC1(C(C)C)CC1. The highest BCUT2D eigenvalue weighted by molar-refractivity contribution is 5.68. The van der Waals surface area contributed by atoms with Crippen molar-refractivity contribution in [3.63, 3.8) is 0 Å². The van der Waals surface area contributed by atoms with Crippen LogP contribution in [0, 0.1) is 5.92 Å². The molecule has 64 valence electrons. The van der Waals surface area contributed by atoms with Crippen molar-refractivity contribution in [1.82, 2.24) is 5.32 Å². The number of methoxy groups -OCH3 is 1. The third-order valence-electron chi connectivity index (χ3n) is 2.43. The normalized spacial score (nSPS) is 19.6. The van der Waals surface area contributed by atoms with Gasteiger partial charge < -0.3 is 10.1 Å². The van der Waals surface area contributed by atoms with Gasteiger partial charge in [0, 0.05) is 5.54 Å². The van der Waals surface area contributed by atoms with Gasteiger partial charge in [0.2, 0.25) is 0 Å². The summed E-state index contributed by atoms with van der Waals surface area (Å²) >= 11 is 0. The molecular formula is C8H15NO2. The second-order valence-electron chi connectivity index (χ2n) is 3.43. The minimum Gasteiger partial charge on any atom is -0.453 e. The van der Waals surface area contributed by atoms with Crippen molar-refractivity contribution in [3.05, 3.63) is 0 Å². The first kappa shape index (κ1) is 8.37. The molecule has 0 aromatic rings. The molecule has 1 aliphatic carbocycles. The lowest BCUT2D eigenvalue weighted by molar-refractivity contribution is 0.161. The van der Waals surface area contributed by atoms with Gasteiger partial charge in [0.15, 0.2) is 0 Å². The average molecular weight is 157 g/mol. The number of hydrogen-bond acceptors (Lipinski definition) is 2. The Morgan fingerprint density at radius 2 is 2.09 bits per heavy atom. The summed E-state index contributed by atoms with van der Waals surface area (Å²) in [5.74, 6) is 0.501. The molecule has 0 radical (unpaired) electrons. The van der Waals surface area contributed by atoms with Crippen LogP contribution in [0.4, 0.5) is 4.79 Å². The maximum absolute atomic E-state index is 10.8. The van der Waals surface area contributed by atoms with E-state index < -0.39 is 0 Å². The molecule has 1 rings (SSSR count). The van der Waals surface area contributed by atoms with Gasteiger partial charge in [-0.1, -0.05) is 13.8 Å². The second-order valence-corrected chi connectivity index (χ2v) is 3.43. The molecule has 1 fully saturated rings. The fourth-order valence-electron chi connectivity index (χ4n) is 1.24. The number of ether oxygens (including phenoxy) is 1. The van der Waals surface area contributed by atoms with E-state index in [1.807, 2.05) is 0 Å². The summed E-state index contributed by atoms with van der Waals surface area (Å²) in [4.78, 5) is 10.8. The standard InChI is InChI=1S/C8H15NO2/c1-6(2)8(4-5-8)9-7(10)11-3/h6H,4-5H2,1-3H3,(H,9,10). The van der Waals surface area contributed by atoms with Gasteiger partial charge in [-0.3, -0.25) is 0 Å². The zero-order valence-corrected chi connectivity index (χ0v) is 7.31. The summed E-state index contributed by atoms with van der Waals surface area (Å²) in [6.07, 6.45) is 1.86. The molecule has 0 spiro atoms. The average Bonchev–Trinajstić information content (AvgIpc) is 2.69. The summed E-state index contributed by atoms with van der Waals surface area (Å²) in [7, 11) is 1.39. The number of carbonyl (C=O) groups is 1. The first-order valence-electron chi connectivity index (χ1n) is 3.97. The number of amides is 1. The van der Waals surface area contributed by atoms with E-state index in [0.717, 1.165) is 12.8 Å². The Balaban J connectivity index is 2.41. The zero-order chi connectivity index (χ0) is 8.48. The molecule has 0 heterocycles. The van der Waals surface area contributed by atoms with Crippen molar-refractivity contribution in [3.8, 4) is 0 Å². The molecule has 0 unspecified atom stereocenters. The van der Waals surface area contributed by atoms with Crippen LogP contribution in [-0.2, 0) is 4.74 Å². The van der Waals surface area contributed by atoms with Gasteiger partial charge in [0.25, 0.3) is 0 Å². The first-order valence-corrected chi connectivity index (χ1v) is 3.97. The van der Waals surface area contributed by atoms with Crippen LogP contribution >= 0.6 is 0 Å². The van der Waals surface area contributed by atoms with E-state index in [4.69, 9.17) is 0 Å². The Labute approximate surface area is 67.1 Å². The van der Waals surface area contributed by atoms with E-state index >= 15 is 0 Å². The third kappa shape index (κ3) is 1.64. The predicted octanol–water partition coefficient (Wildman–Crippen LogP) is 1.53. The molecule has 0 aliphatic heterocycles. The fourth-order valence-corrected chi connectivity index (χ4v) is 1.24. The van der Waals surface area contributed by atoms with Crippen LogP contribution in [-0.4, -0.2) is 18.7 Å². The van der Waals surface area contributed by atoms with Crippen molar-refractivity contribution in [2.75, 3.05) is 7.11 Å². The molecule has 0 bridgehead atoms. The maximum atomic E-state index is 10.8. The Hall–Kier alpha value is -0.730. The molecule has 1 N–H and O–H groups in total. The van der Waals surface area contributed by atoms with E-state index in [2.05, 4.69) is 23.9 Å². The van der Waals surface area contributed by atoms with E-state index in [1.165, 1.54) is 7.11 Å². The van der Waals surface area contributed by atoms with E-state index in [0.29, 0.717) is 5.92 Å². The monoisotopic (exact) mass is 157 g/mol. The van der Waals surface area contributed by atoms with Gasteiger partial charge >= 0.3 is 6.09 Å². The minimum absolute atomic E-state index is 0.0487. The lowest BCUT2D eigenvalue weighted by Gasteiger charge is -2.19. The molecule has 0 aromatic carbocycles. The predicted molar refractivity (Wildman–Crippen MR) is 42.3 cm³/mol. The van der Waals surface area contributed by atoms with E-state index in [9.17, 15) is 4.79 Å². The highest BCUT2D eigenvalue weighted by Gasteiger charge is 2.46. The summed E-state index contributed by atoms with van der Waals surface area (Å²) in [5, 5.41) is 2.86. The molecule has 11 heavy (non-hydrogen) atoms. The van der Waals surface area contributed by atoms with Crippen LogP contribution in [0.5, 0.6) is 0 Å². The van der Waals surface area contributed by atoms with Crippen LogP contribution in [0.25, 0.3) is 0 Å². The Bertz CT molecular complexity index is 161. The molecular weight excluding hydrogens is 142 g/mol. The van der Waals surface area contributed by atoms with Gasteiger partial charge in [-0.2, -0.15) is 0 Å². The number of rotatable bonds is 2. The second kappa shape index (κ2) is 2.72. The third-order valence-corrected chi connectivity index (χ3v) is 2.43. The van der Waals surface area contributed by atoms with Gasteiger partial charge in [-0.25, -0.2) is 4.79 Å². The van der Waals surface area contributed by atoms with Crippen molar-refractivity contribution < 1.29 is 9.53 Å². The summed E-state index contributed by atoms with van der Waals surface area (Å²) in [6.45, 7) is 4.23. The summed E-state index contributed by atoms with van der Waals surface area (Å²) in [6, 6.07) is 0. The molecule has 3 nitrogen and oxygen atoms in total. The maximum Gasteiger partial charge on any atom is 0.407 e. The van der Waals surface area contributed by atoms with Crippen LogP contribution in [0.2, 0.25) is 0 Å². The van der Waals surface area contributed by atoms with Crippen molar-refractivity contribution in [2.45, 2.75) is 32.2 Å². The molecule has 1 amide bonds. The molecule has 3 heteroatoms. The topological polar surface area (TPSA) is 38.3 Å². The van der Waals surface area contributed by atoms with E-state index in [-0.39, 0.29) is 11.6 Å². The van der Waals surface area contributed by atoms with Crippen molar-refractivity contribution >= 4 is 6.09 Å². The molecule has 0 aromatic heterocycles. The number of carbonyl (C=O) groups excluding carboxylic acids is 1. The quantitative estimate of drug-likeness (QED) is 0.660. The lowest BCUT2D eigenvalue weighted by atomic mass is 10.0. The van der Waals surface area contributed by atoms with Gasteiger partial charge in [-0.05, 0) is 18.8 Å². The highest BCUT2D eigenvalue weighted by Crippen LogP contribution is 2.41. The van der Waals surface area contributed by atoms with Gasteiger partial charge in [0.05, 0.1) is 7.11 Å². The number of hydrogen-bond donors (Lipinski definition) is 1. The Morgan fingerprint density at radius 3 is 2.36 bits per heavy atom.